The molecular formula is C14H22N2O. The van der Waals surface area contributed by atoms with Gasteiger partial charge >= 0.3 is 0 Å². The lowest BCUT2D eigenvalue weighted by molar-refractivity contribution is 0.470. The highest BCUT2D eigenvalue weighted by molar-refractivity contribution is 5.27. The summed E-state index contributed by atoms with van der Waals surface area (Å²) in [5.41, 5.74) is 8.59. The first kappa shape index (κ1) is 12.4. The van der Waals surface area contributed by atoms with Gasteiger partial charge in [-0.3, -0.25) is 4.79 Å². The Labute approximate surface area is 103 Å². The fourth-order valence-corrected chi connectivity index (χ4v) is 2.53. The zero-order valence-electron chi connectivity index (χ0n) is 10.8. The average Bonchev–Trinajstić information content (AvgIpc) is 2.27. The molecule has 0 aromatic carbocycles. The van der Waals surface area contributed by atoms with E-state index in [1.807, 2.05) is 10.6 Å². The van der Waals surface area contributed by atoms with Gasteiger partial charge in [0.05, 0.1) is 0 Å². The molecule has 0 saturated carbocycles. The van der Waals surface area contributed by atoms with E-state index in [0.29, 0.717) is 5.92 Å². The van der Waals surface area contributed by atoms with E-state index in [9.17, 15) is 4.79 Å². The molecule has 1 aliphatic carbocycles. The van der Waals surface area contributed by atoms with Crippen LogP contribution >= 0.6 is 0 Å². The fourth-order valence-electron chi connectivity index (χ4n) is 2.53. The quantitative estimate of drug-likeness (QED) is 0.871. The lowest BCUT2D eigenvalue weighted by Gasteiger charge is -2.25. The maximum absolute atomic E-state index is 11.9. The molecule has 94 valence electrons. The number of fused-ring (bicyclic) bond motifs is 1. The molecule has 3 heteroatoms. The standard InChI is InChI=1S/C14H22N2O/c1-10(2)8-9-16-13-5-3-4-12(15)11(13)6-7-14(16)17/h6-7,10,12H,3-5,8-9,15H2,1-2H3. The summed E-state index contributed by atoms with van der Waals surface area (Å²) in [6, 6.07) is 3.71. The Morgan fingerprint density at radius 3 is 2.94 bits per heavy atom. The number of nitrogens with zero attached hydrogens (tertiary/aromatic N) is 1. The molecule has 0 fully saturated rings. The Bertz CT molecular complexity index is 448. The molecule has 0 aliphatic heterocycles. The summed E-state index contributed by atoms with van der Waals surface area (Å²) in [6.07, 6.45) is 4.18. The van der Waals surface area contributed by atoms with Crippen LogP contribution in [0.2, 0.25) is 0 Å². The molecule has 1 aliphatic rings. The van der Waals surface area contributed by atoms with Gasteiger partial charge in [-0.25, -0.2) is 0 Å². The topological polar surface area (TPSA) is 48.0 Å². The second kappa shape index (κ2) is 5.05. The van der Waals surface area contributed by atoms with Crippen molar-refractivity contribution >= 4 is 0 Å². The number of pyridine rings is 1. The van der Waals surface area contributed by atoms with Crippen LogP contribution in [0.1, 0.15) is 50.4 Å². The molecule has 0 bridgehead atoms. The molecule has 3 nitrogen and oxygen atoms in total. The van der Waals surface area contributed by atoms with Crippen LogP contribution in [-0.4, -0.2) is 4.57 Å². The zero-order valence-corrected chi connectivity index (χ0v) is 10.8. The summed E-state index contributed by atoms with van der Waals surface area (Å²) in [5.74, 6) is 0.620. The predicted molar refractivity (Wildman–Crippen MR) is 70.0 cm³/mol. The van der Waals surface area contributed by atoms with Gasteiger partial charge in [-0.05, 0) is 37.2 Å². The molecule has 1 heterocycles. The first-order chi connectivity index (χ1) is 8.09. The highest BCUT2D eigenvalue weighted by atomic mass is 16.1. The molecule has 0 radical (unpaired) electrons. The van der Waals surface area contributed by atoms with Crippen LogP contribution in [0.5, 0.6) is 0 Å². The van der Waals surface area contributed by atoms with E-state index >= 15 is 0 Å². The Hall–Kier alpha value is -1.09. The summed E-state index contributed by atoms with van der Waals surface area (Å²) in [4.78, 5) is 11.9. The van der Waals surface area contributed by atoms with Crippen molar-refractivity contribution in [3.8, 4) is 0 Å². The molecule has 1 unspecified atom stereocenters. The normalized spacial score (nSPS) is 19.4. The van der Waals surface area contributed by atoms with Gasteiger partial charge in [0.25, 0.3) is 5.56 Å². The Morgan fingerprint density at radius 1 is 1.47 bits per heavy atom. The number of aromatic nitrogens is 1. The van der Waals surface area contributed by atoms with Crippen LogP contribution in [0.4, 0.5) is 0 Å². The predicted octanol–water partition coefficient (Wildman–Crippen LogP) is 2.23. The largest absolute Gasteiger partial charge is 0.324 e. The van der Waals surface area contributed by atoms with Gasteiger partial charge in [0.15, 0.2) is 0 Å². The van der Waals surface area contributed by atoms with E-state index in [1.165, 1.54) is 11.3 Å². The summed E-state index contributed by atoms with van der Waals surface area (Å²) in [7, 11) is 0. The van der Waals surface area contributed by atoms with Crippen LogP contribution < -0.4 is 11.3 Å². The second-order valence-electron chi connectivity index (χ2n) is 5.41. The van der Waals surface area contributed by atoms with E-state index in [4.69, 9.17) is 5.73 Å². The third-order valence-corrected chi connectivity index (χ3v) is 3.59. The van der Waals surface area contributed by atoms with Gasteiger partial charge in [-0.1, -0.05) is 19.9 Å². The molecule has 0 spiro atoms. The highest BCUT2D eigenvalue weighted by Gasteiger charge is 2.19. The number of nitrogens with two attached hydrogens (primary N) is 1. The molecule has 1 aromatic heterocycles. The van der Waals surface area contributed by atoms with E-state index in [2.05, 4.69) is 13.8 Å². The van der Waals surface area contributed by atoms with Crippen molar-refractivity contribution in [1.82, 2.24) is 4.57 Å². The molecule has 1 atom stereocenters. The van der Waals surface area contributed by atoms with Gasteiger partial charge < -0.3 is 10.3 Å². The maximum Gasteiger partial charge on any atom is 0.250 e. The molecule has 17 heavy (non-hydrogen) atoms. The third kappa shape index (κ3) is 2.60. The lowest BCUT2D eigenvalue weighted by atomic mass is 9.91. The fraction of sp³-hybridized carbons (Fsp3) is 0.643. The van der Waals surface area contributed by atoms with Crippen molar-refractivity contribution in [3.05, 3.63) is 33.7 Å². The Kier molecular flexibility index (Phi) is 3.67. The van der Waals surface area contributed by atoms with Gasteiger partial charge in [-0.2, -0.15) is 0 Å². The minimum Gasteiger partial charge on any atom is -0.324 e. The maximum atomic E-state index is 11.9. The summed E-state index contributed by atoms with van der Waals surface area (Å²) in [6.45, 7) is 5.20. The monoisotopic (exact) mass is 234 g/mol. The molecule has 0 saturated heterocycles. The van der Waals surface area contributed by atoms with Gasteiger partial charge in [0.1, 0.15) is 0 Å². The number of hydrogen-bond acceptors (Lipinski definition) is 2. The van der Waals surface area contributed by atoms with Crippen molar-refractivity contribution in [3.63, 3.8) is 0 Å². The molecule has 2 rings (SSSR count). The van der Waals surface area contributed by atoms with Gasteiger partial charge in [-0.15, -0.1) is 0 Å². The minimum atomic E-state index is 0.115. The van der Waals surface area contributed by atoms with Crippen molar-refractivity contribution in [2.24, 2.45) is 11.7 Å². The zero-order chi connectivity index (χ0) is 12.4. The first-order valence-electron chi connectivity index (χ1n) is 6.58. The molecular weight excluding hydrogens is 212 g/mol. The Balaban J connectivity index is 2.36. The molecule has 0 amide bonds. The average molecular weight is 234 g/mol. The summed E-state index contributed by atoms with van der Waals surface area (Å²) < 4.78 is 1.94. The molecule has 2 N–H and O–H groups in total. The van der Waals surface area contributed by atoms with Crippen molar-refractivity contribution in [2.45, 2.75) is 52.1 Å². The Morgan fingerprint density at radius 2 is 2.24 bits per heavy atom. The van der Waals surface area contributed by atoms with E-state index in [-0.39, 0.29) is 11.6 Å². The van der Waals surface area contributed by atoms with Crippen LogP contribution in [-0.2, 0) is 13.0 Å². The van der Waals surface area contributed by atoms with E-state index in [1.54, 1.807) is 6.07 Å². The van der Waals surface area contributed by atoms with Crippen molar-refractivity contribution in [1.29, 1.82) is 0 Å². The van der Waals surface area contributed by atoms with Crippen molar-refractivity contribution < 1.29 is 0 Å². The number of hydrogen-bond donors (Lipinski definition) is 1. The molecule has 1 aromatic rings. The van der Waals surface area contributed by atoms with Crippen LogP contribution in [0, 0.1) is 5.92 Å². The SMILES string of the molecule is CC(C)CCn1c2c(ccc1=O)C(N)CCC2. The van der Waals surface area contributed by atoms with Crippen molar-refractivity contribution in [2.75, 3.05) is 0 Å². The summed E-state index contributed by atoms with van der Waals surface area (Å²) in [5, 5.41) is 0. The van der Waals surface area contributed by atoms with E-state index < -0.39 is 0 Å². The number of rotatable bonds is 3. The highest BCUT2D eigenvalue weighted by Crippen LogP contribution is 2.26. The van der Waals surface area contributed by atoms with Gasteiger partial charge in [0, 0.05) is 24.3 Å². The third-order valence-electron chi connectivity index (χ3n) is 3.59. The second-order valence-corrected chi connectivity index (χ2v) is 5.41. The van der Waals surface area contributed by atoms with E-state index in [0.717, 1.165) is 32.2 Å². The lowest BCUT2D eigenvalue weighted by Crippen LogP contribution is -2.29. The van der Waals surface area contributed by atoms with Crippen LogP contribution in [0.3, 0.4) is 0 Å². The summed E-state index contributed by atoms with van der Waals surface area (Å²) >= 11 is 0. The van der Waals surface area contributed by atoms with Gasteiger partial charge in [0.2, 0.25) is 0 Å². The smallest absolute Gasteiger partial charge is 0.250 e. The van der Waals surface area contributed by atoms with Crippen LogP contribution in [0.25, 0.3) is 0 Å². The van der Waals surface area contributed by atoms with Crippen LogP contribution in [0.15, 0.2) is 16.9 Å². The first-order valence-corrected chi connectivity index (χ1v) is 6.58. The minimum absolute atomic E-state index is 0.115.